The summed E-state index contributed by atoms with van der Waals surface area (Å²) >= 11 is 5.59. The molecule has 3 nitrogen and oxygen atoms in total. The fraction of sp³-hybridized carbons (Fsp3) is 0.909. The van der Waals surface area contributed by atoms with Crippen molar-refractivity contribution in [2.24, 2.45) is 0 Å². The highest BCUT2D eigenvalue weighted by Gasteiger charge is 2.29. The Hall–Kier alpha value is -0.280. The van der Waals surface area contributed by atoms with Gasteiger partial charge in [0.05, 0.1) is 0 Å². The number of carbonyl (C=O) groups excluding carboxylic acids is 1. The molecule has 0 aromatic rings. The van der Waals surface area contributed by atoms with Crippen LogP contribution in [0.5, 0.6) is 0 Å². The Balaban J connectivity index is 2.50. The van der Waals surface area contributed by atoms with E-state index in [9.17, 15) is 4.79 Å². The summed E-state index contributed by atoms with van der Waals surface area (Å²) in [6.45, 7) is 6.17. The Bertz CT molecular complexity index is 221. The monoisotopic (exact) mass is 232 g/mol. The van der Waals surface area contributed by atoms with Gasteiger partial charge in [0.25, 0.3) is 0 Å². The third-order valence-corrected chi connectivity index (χ3v) is 3.42. The molecule has 1 saturated heterocycles. The lowest BCUT2D eigenvalue weighted by molar-refractivity contribution is -0.129. The Morgan fingerprint density at radius 2 is 2.27 bits per heavy atom. The molecule has 0 N–H and O–H groups in total. The average molecular weight is 233 g/mol. The molecule has 0 spiro atoms. The van der Waals surface area contributed by atoms with Crippen LogP contribution in [0.15, 0.2) is 0 Å². The van der Waals surface area contributed by atoms with E-state index in [2.05, 4.69) is 25.8 Å². The second kappa shape index (κ2) is 5.71. The minimum Gasteiger partial charge on any atom is -0.337 e. The highest BCUT2D eigenvalue weighted by Crippen LogP contribution is 2.19. The third-order valence-electron chi connectivity index (χ3n) is 3.19. The zero-order valence-electron chi connectivity index (χ0n) is 9.87. The van der Waals surface area contributed by atoms with Crippen LogP contribution < -0.4 is 0 Å². The number of carbonyl (C=O) groups is 1. The normalized spacial score (nSPS) is 21.7. The van der Waals surface area contributed by atoms with Crippen LogP contribution in [-0.4, -0.2) is 53.8 Å². The zero-order valence-corrected chi connectivity index (χ0v) is 10.6. The molecule has 1 heterocycles. The molecule has 88 valence electrons. The van der Waals surface area contributed by atoms with Crippen molar-refractivity contribution in [3.63, 3.8) is 0 Å². The molecule has 1 aliphatic heterocycles. The molecule has 0 radical (unpaired) electrons. The summed E-state index contributed by atoms with van der Waals surface area (Å²) in [6, 6.07) is 0.891. The minimum atomic E-state index is 0.0799. The largest absolute Gasteiger partial charge is 0.337 e. The van der Waals surface area contributed by atoms with E-state index in [-0.39, 0.29) is 11.8 Å². The fourth-order valence-electron chi connectivity index (χ4n) is 1.97. The minimum absolute atomic E-state index is 0.0799. The van der Waals surface area contributed by atoms with Gasteiger partial charge in [-0.25, -0.2) is 0 Å². The van der Waals surface area contributed by atoms with Gasteiger partial charge in [-0.1, -0.05) is 0 Å². The summed E-state index contributed by atoms with van der Waals surface area (Å²) in [6.07, 6.45) is 2.22. The number of hydrogen-bond donors (Lipinski definition) is 0. The summed E-state index contributed by atoms with van der Waals surface area (Å²) in [5.74, 6) is 0.193. The number of likely N-dealkylation sites (N-methyl/N-ethyl adjacent to an activating group) is 1. The number of alkyl halides is 1. The van der Waals surface area contributed by atoms with Gasteiger partial charge in [0.2, 0.25) is 5.91 Å². The van der Waals surface area contributed by atoms with Crippen molar-refractivity contribution in [3.05, 3.63) is 0 Å². The lowest BCUT2D eigenvalue weighted by atomic mass is 10.2. The van der Waals surface area contributed by atoms with Crippen molar-refractivity contribution in [3.8, 4) is 0 Å². The van der Waals surface area contributed by atoms with E-state index in [1.54, 1.807) is 0 Å². The number of hydrogen-bond acceptors (Lipinski definition) is 2. The van der Waals surface area contributed by atoms with E-state index in [4.69, 9.17) is 11.6 Å². The van der Waals surface area contributed by atoms with Gasteiger partial charge in [-0.3, -0.25) is 4.79 Å². The van der Waals surface area contributed by atoms with E-state index in [0.717, 1.165) is 25.9 Å². The standard InChI is InChI=1S/C11H21ClN2O/c1-9(2)13(3)8-10-5-4-6-14(10)11(15)7-12/h9-10H,4-8H2,1-3H3/t10-/m1/s1. The average Bonchev–Trinajstić information content (AvgIpc) is 2.64. The molecule has 15 heavy (non-hydrogen) atoms. The molecule has 1 atom stereocenters. The first-order valence-corrected chi connectivity index (χ1v) is 6.15. The number of likely N-dealkylation sites (tertiary alicyclic amines) is 1. The third kappa shape index (κ3) is 3.35. The summed E-state index contributed by atoms with van der Waals surface area (Å²) in [4.78, 5) is 15.8. The van der Waals surface area contributed by atoms with Crippen molar-refractivity contribution in [1.82, 2.24) is 9.80 Å². The van der Waals surface area contributed by atoms with Crippen LogP contribution >= 0.6 is 11.6 Å². The van der Waals surface area contributed by atoms with Crippen LogP contribution in [0.4, 0.5) is 0 Å². The maximum absolute atomic E-state index is 11.6. The highest BCUT2D eigenvalue weighted by molar-refractivity contribution is 6.27. The van der Waals surface area contributed by atoms with Gasteiger partial charge in [0.1, 0.15) is 5.88 Å². The van der Waals surface area contributed by atoms with E-state index in [1.165, 1.54) is 0 Å². The second-order valence-electron chi connectivity index (χ2n) is 4.55. The summed E-state index contributed by atoms with van der Waals surface area (Å²) in [7, 11) is 2.10. The second-order valence-corrected chi connectivity index (χ2v) is 4.82. The summed E-state index contributed by atoms with van der Waals surface area (Å²) < 4.78 is 0. The van der Waals surface area contributed by atoms with E-state index >= 15 is 0 Å². The van der Waals surface area contributed by atoms with Gasteiger partial charge in [-0.05, 0) is 33.7 Å². The summed E-state index contributed by atoms with van der Waals surface area (Å²) in [5.41, 5.74) is 0. The van der Waals surface area contributed by atoms with Gasteiger partial charge in [-0.15, -0.1) is 11.6 Å². The summed E-state index contributed by atoms with van der Waals surface area (Å²) in [5, 5.41) is 0. The van der Waals surface area contributed by atoms with Crippen molar-refractivity contribution < 1.29 is 4.79 Å². The number of amides is 1. The molecular weight excluding hydrogens is 212 g/mol. The van der Waals surface area contributed by atoms with Gasteiger partial charge >= 0.3 is 0 Å². The zero-order chi connectivity index (χ0) is 11.4. The molecule has 4 heteroatoms. The van der Waals surface area contributed by atoms with Crippen molar-refractivity contribution >= 4 is 17.5 Å². The van der Waals surface area contributed by atoms with E-state index in [0.29, 0.717) is 12.1 Å². The maximum Gasteiger partial charge on any atom is 0.237 e. The maximum atomic E-state index is 11.6. The molecule has 0 aromatic heterocycles. The predicted octanol–water partition coefficient (Wildman–Crippen LogP) is 1.56. The fourth-order valence-corrected chi connectivity index (χ4v) is 2.13. The van der Waals surface area contributed by atoms with Gasteiger partial charge < -0.3 is 9.80 Å². The van der Waals surface area contributed by atoms with Crippen LogP contribution in [0.1, 0.15) is 26.7 Å². The molecule has 1 rings (SSSR count). The van der Waals surface area contributed by atoms with Crippen molar-refractivity contribution in [2.45, 2.75) is 38.8 Å². The lowest BCUT2D eigenvalue weighted by Gasteiger charge is -2.30. The smallest absolute Gasteiger partial charge is 0.237 e. The van der Waals surface area contributed by atoms with Crippen molar-refractivity contribution in [2.75, 3.05) is 26.0 Å². The topological polar surface area (TPSA) is 23.6 Å². The van der Waals surface area contributed by atoms with Crippen LogP contribution in [0.3, 0.4) is 0 Å². The molecule has 0 saturated carbocycles. The van der Waals surface area contributed by atoms with Crippen LogP contribution in [0, 0.1) is 0 Å². The molecule has 1 aliphatic rings. The van der Waals surface area contributed by atoms with E-state index in [1.807, 2.05) is 4.90 Å². The highest BCUT2D eigenvalue weighted by atomic mass is 35.5. The number of halogens is 1. The molecule has 0 bridgehead atoms. The first-order valence-electron chi connectivity index (χ1n) is 5.62. The SMILES string of the molecule is CC(C)N(C)C[C@H]1CCCN1C(=O)CCl. The Morgan fingerprint density at radius 3 is 2.80 bits per heavy atom. The Morgan fingerprint density at radius 1 is 1.60 bits per heavy atom. The molecule has 0 aliphatic carbocycles. The molecule has 1 fully saturated rings. The van der Waals surface area contributed by atoms with Gasteiger partial charge in [0, 0.05) is 25.2 Å². The first kappa shape index (κ1) is 12.8. The first-order chi connectivity index (χ1) is 7.06. The van der Waals surface area contributed by atoms with Gasteiger partial charge in [-0.2, -0.15) is 0 Å². The molecular formula is C11H21ClN2O. The predicted molar refractivity (Wildman–Crippen MR) is 63.2 cm³/mol. The quantitative estimate of drug-likeness (QED) is 0.687. The van der Waals surface area contributed by atoms with Gasteiger partial charge in [0.15, 0.2) is 0 Å². The number of nitrogens with zero attached hydrogens (tertiary/aromatic N) is 2. The lowest BCUT2D eigenvalue weighted by Crippen LogP contribution is -2.44. The Kier molecular flexibility index (Phi) is 4.87. The van der Waals surface area contributed by atoms with Crippen LogP contribution in [0.25, 0.3) is 0 Å². The van der Waals surface area contributed by atoms with Crippen LogP contribution in [-0.2, 0) is 4.79 Å². The molecule has 0 unspecified atom stereocenters. The van der Waals surface area contributed by atoms with E-state index < -0.39 is 0 Å². The Labute approximate surface area is 97.4 Å². The van der Waals surface area contributed by atoms with Crippen molar-refractivity contribution in [1.29, 1.82) is 0 Å². The number of rotatable bonds is 4. The molecule has 1 amide bonds. The molecule has 0 aromatic carbocycles. The van der Waals surface area contributed by atoms with Crippen LogP contribution in [0.2, 0.25) is 0 Å².